The molecular formula is C28H25NO2. The Morgan fingerprint density at radius 2 is 1.06 bits per heavy atom. The minimum atomic E-state index is -0.960. The van der Waals surface area contributed by atoms with E-state index in [1.165, 1.54) is 0 Å². The van der Waals surface area contributed by atoms with Crippen molar-refractivity contribution in [3.8, 4) is 5.75 Å². The van der Waals surface area contributed by atoms with E-state index in [9.17, 15) is 9.90 Å². The number of benzene rings is 4. The molecule has 0 aliphatic rings. The van der Waals surface area contributed by atoms with E-state index in [-0.39, 0.29) is 11.7 Å². The molecule has 0 saturated heterocycles. The van der Waals surface area contributed by atoms with Gasteiger partial charge in [-0.3, -0.25) is 4.79 Å². The van der Waals surface area contributed by atoms with E-state index < -0.39 is 5.41 Å². The minimum absolute atomic E-state index is 0.0603. The third-order valence-corrected chi connectivity index (χ3v) is 5.60. The summed E-state index contributed by atoms with van der Waals surface area (Å²) in [7, 11) is 0. The van der Waals surface area contributed by atoms with Gasteiger partial charge in [0.05, 0.1) is 0 Å². The van der Waals surface area contributed by atoms with Gasteiger partial charge in [0, 0.05) is 6.54 Å². The van der Waals surface area contributed by atoms with Gasteiger partial charge in [0.1, 0.15) is 11.2 Å². The number of rotatable bonds is 7. The average molecular weight is 408 g/mol. The first-order chi connectivity index (χ1) is 15.2. The second-order valence-electron chi connectivity index (χ2n) is 7.52. The summed E-state index contributed by atoms with van der Waals surface area (Å²) >= 11 is 0. The van der Waals surface area contributed by atoms with Crippen LogP contribution in [0.25, 0.3) is 0 Å². The van der Waals surface area contributed by atoms with Gasteiger partial charge >= 0.3 is 0 Å². The summed E-state index contributed by atoms with van der Waals surface area (Å²) in [5, 5.41) is 12.7. The summed E-state index contributed by atoms with van der Waals surface area (Å²) in [5.41, 5.74) is 2.88. The molecule has 0 fully saturated rings. The van der Waals surface area contributed by atoms with Crippen molar-refractivity contribution in [3.63, 3.8) is 0 Å². The number of phenols is 1. The quantitative estimate of drug-likeness (QED) is 0.420. The Morgan fingerprint density at radius 1 is 0.645 bits per heavy atom. The molecule has 0 atom stereocenters. The molecule has 31 heavy (non-hydrogen) atoms. The summed E-state index contributed by atoms with van der Waals surface area (Å²) in [4.78, 5) is 14.0. The average Bonchev–Trinajstić information content (AvgIpc) is 2.83. The maximum Gasteiger partial charge on any atom is 0.239 e. The lowest BCUT2D eigenvalue weighted by Crippen LogP contribution is -2.46. The Kier molecular flexibility index (Phi) is 6.13. The molecule has 3 nitrogen and oxygen atoms in total. The molecule has 0 aliphatic heterocycles. The van der Waals surface area contributed by atoms with Crippen LogP contribution in [0.4, 0.5) is 0 Å². The Labute approximate surface area is 183 Å². The van der Waals surface area contributed by atoms with Gasteiger partial charge in [0.2, 0.25) is 5.91 Å². The van der Waals surface area contributed by atoms with Crippen molar-refractivity contribution in [3.05, 3.63) is 138 Å². The van der Waals surface area contributed by atoms with Crippen LogP contribution in [-0.4, -0.2) is 17.6 Å². The maximum absolute atomic E-state index is 14.0. The van der Waals surface area contributed by atoms with E-state index in [0.717, 1.165) is 22.3 Å². The summed E-state index contributed by atoms with van der Waals surface area (Å²) in [6, 6.07) is 36.9. The van der Waals surface area contributed by atoms with Crippen LogP contribution in [0.5, 0.6) is 5.75 Å². The van der Waals surface area contributed by atoms with Gasteiger partial charge in [0.15, 0.2) is 0 Å². The van der Waals surface area contributed by atoms with Gasteiger partial charge in [-0.1, -0.05) is 103 Å². The number of hydrogen-bond acceptors (Lipinski definition) is 2. The van der Waals surface area contributed by atoms with E-state index >= 15 is 0 Å². The number of hydrogen-bond donors (Lipinski definition) is 2. The molecule has 1 amide bonds. The third-order valence-electron chi connectivity index (χ3n) is 5.60. The van der Waals surface area contributed by atoms with Crippen molar-refractivity contribution in [1.82, 2.24) is 5.32 Å². The van der Waals surface area contributed by atoms with Crippen molar-refractivity contribution >= 4 is 5.91 Å². The largest absolute Gasteiger partial charge is 0.508 e. The monoisotopic (exact) mass is 407 g/mol. The van der Waals surface area contributed by atoms with Crippen molar-refractivity contribution in [1.29, 1.82) is 0 Å². The Bertz CT molecular complexity index is 1010. The van der Waals surface area contributed by atoms with Gasteiger partial charge in [-0.2, -0.15) is 0 Å². The number of aromatic hydroxyl groups is 1. The molecule has 4 rings (SSSR count). The first-order valence-electron chi connectivity index (χ1n) is 10.4. The zero-order valence-corrected chi connectivity index (χ0v) is 17.2. The molecule has 0 aliphatic carbocycles. The number of phenolic OH excluding ortho intramolecular Hbond substituents is 1. The van der Waals surface area contributed by atoms with Crippen LogP contribution in [0, 0.1) is 0 Å². The van der Waals surface area contributed by atoms with Gasteiger partial charge in [-0.05, 0) is 40.8 Å². The molecule has 0 saturated carbocycles. The fraction of sp³-hybridized carbons (Fsp3) is 0.107. The first-order valence-corrected chi connectivity index (χ1v) is 10.4. The fourth-order valence-electron chi connectivity index (χ4n) is 4.07. The van der Waals surface area contributed by atoms with Crippen LogP contribution in [0.1, 0.15) is 22.3 Å². The molecule has 4 aromatic carbocycles. The number of amides is 1. The second-order valence-corrected chi connectivity index (χ2v) is 7.52. The van der Waals surface area contributed by atoms with Crippen LogP contribution in [0.2, 0.25) is 0 Å². The molecule has 154 valence electrons. The summed E-state index contributed by atoms with van der Waals surface area (Å²) in [6.07, 6.45) is 0.681. The molecule has 0 heterocycles. The smallest absolute Gasteiger partial charge is 0.239 e. The second kappa shape index (κ2) is 9.31. The molecule has 2 N–H and O–H groups in total. The lowest BCUT2D eigenvalue weighted by atomic mass is 9.68. The van der Waals surface area contributed by atoms with Crippen LogP contribution in [-0.2, 0) is 16.6 Å². The highest BCUT2D eigenvalue weighted by atomic mass is 16.3. The highest BCUT2D eigenvalue weighted by Gasteiger charge is 2.43. The molecule has 0 aromatic heterocycles. The predicted octanol–water partition coefficient (Wildman–Crippen LogP) is 5.09. The van der Waals surface area contributed by atoms with Gasteiger partial charge in [0.25, 0.3) is 0 Å². The third kappa shape index (κ3) is 4.22. The Hall–Kier alpha value is -3.85. The van der Waals surface area contributed by atoms with Crippen molar-refractivity contribution < 1.29 is 9.90 Å². The molecule has 3 heteroatoms. The number of carbonyl (C=O) groups is 1. The summed E-state index contributed by atoms with van der Waals surface area (Å²) in [6.45, 7) is 0.498. The van der Waals surface area contributed by atoms with E-state index in [1.807, 2.05) is 103 Å². The van der Waals surface area contributed by atoms with E-state index in [0.29, 0.717) is 13.0 Å². The van der Waals surface area contributed by atoms with E-state index in [4.69, 9.17) is 0 Å². The fourth-order valence-corrected chi connectivity index (χ4v) is 4.07. The minimum Gasteiger partial charge on any atom is -0.508 e. The number of nitrogens with one attached hydrogen (secondary N) is 1. The predicted molar refractivity (Wildman–Crippen MR) is 124 cm³/mol. The van der Waals surface area contributed by atoms with Gasteiger partial charge in [-0.25, -0.2) is 0 Å². The van der Waals surface area contributed by atoms with Crippen LogP contribution in [0.15, 0.2) is 115 Å². The first kappa shape index (κ1) is 20.4. The van der Waals surface area contributed by atoms with Gasteiger partial charge < -0.3 is 10.4 Å². The molecule has 0 unspecified atom stereocenters. The van der Waals surface area contributed by atoms with Gasteiger partial charge in [-0.15, -0.1) is 0 Å². The van der Waals surface area contributed by atoms with Crippen molar-refractivity contribution in [2.75, 3.05) is 6.54 Å². The molecule has 0 bridgehead atoms. The Morgan fingerprint density at radius 3 is 1.48 bits per heavy atom. The SMILES string of the molecule is O=C(NCCc1ccc(O)cc1)C(c1ccccc1)(c1ccccc1)c1ccccc1. The summed E-state index contributed by atoms with van der Waals surface area (Å²) < 4.78 is 0. The highest BCUT2D eigenvalue weighted by Crippen LogP contribution is 2.39. The molecular weight excluding hydrogens is 382 g/mol. The van der Waals surface area contributed by atoms with E-state index in [2.05, 4.69) is 5.32 Å². The number of carbonyl (C=O) groups excluding carboxylic acids is 1. The zero-order chi connectivity index (χ0) is 21.5. The van der Waals surface area contributed by atoms with Crippen LogP contribution in [0.3, 0.4) is 0 Å². The summed E-state index contributed by atoms with van der Waals surface area (Å²) in [5.74, 6) is 0.180. The molecule has 0 radical (unpaired) electrons. The van der Waals surface area contributed by atoms with Crippen molar-refractivity contribution in [2.24, 2.45) is 0 Å². The van der Waals surface area contributed by atoms with E-state index in [1.54, 1.807) is 12.1 Å². The normalized spacial score (nSPS) is 11.1. The maximum atomic E-state index is 14.0. The lowest BCUT2D eigenvalue weighted by molar-refractivity contribution is -0.124. The van der Waals surface area contributed by atoms with Crippen LogP contribution >= 0.6 is 0 Å². The molecule has 0 spiro atoms. The highest BCUT2D eigenvalue weighted by molar-refractivity contribution is 5.96. The zero-order valence-electron chi connectivity index (χ0n) is 17.2. The standard InChI is InChI=1S/C28H25NO2/c30-26-18-16-22(17-19-26)20-21-29-27(31)28(23-10-4-1-5-11-23,24-12-6-2-7-13-24)25-14-8-3-9-15-25/h1-19,30H,20-21H2,(H,29,31). The topological polar surface area (TPSA) is 49.3 Å². The Balaban J connectivity index is 1.74. The van der Waals surface area contributed by atoms with Crippen LogP contribution < -0.4 is 5.32 Å². The lowest BCUT2D eigenvalue weighted by Gasteiger charge is -2.34. The molecule has 4 aromatic rings. The van der Waals surface area contributed by atoms with Crippen molar-refractivity contribution in [2.45, 2.75) is 11.8 Å².